The first-order chi connectivity index (χ1) is 15.3. The number of nitrogens with one attached hydrogen (secondary N) is 2. The first-order valence-corrected chi connectivity index (χ1v) is 11.6. The van der Waals surface area contributed by atoms with Crippen LogP contribution in [0.1, 0.15) is 23.3 Å². The van der Waals surface area contributed by atoms with E-state index in [1.807, 2.05) is 36.1 Å². The van der Waals surface area contributed by atoms with Crippen LogP contribution in [0.5, 0.6) is 11.5 Å². The topological polar surface area (TPSA) is 72.7 Å². The Morgan fingerprint density at radius 1 is 1.19 bits per heavy atom. The van der Waals surface area contributed by atoms with E-state index in [4.69, 9.17) is 14.5 Å². The van der Waals surface area contributed by atoms with Crippen molar-refractivity contribution in [1.82, 2.24) is 15.1 Å². The third kappa shape index (κ3) is 7.40. The van der Waals surface area contributed by atoms with Gasteiger partial charge in [-0.3, -0.25) is 9.67 Å². The predicted molar refractivity (Wildman–Crippen MR) is 141 cm³/mol. The lowest BCUT2D eigenvalue weighted by molar-refractivity contribution is 0.297. The number of anilines is 1. The SMILES string of the molecule is Cn1cc(CCCN=C(NCCc2cccs2)Nc2ccc3c(c2)OCCCO3)cn1.I. The Balaban J connectivity index is 0.00000289. The molecule has 0 bridgehead atoms. The van der Waals surface area contributed by atoms with E-state index < -0.39 is 0 Å². The monoisotopic (exact) mass is 567 g/mol. The van der Waals surface area contributed by atoms with Crippen molar-refractivity contribution in [3.63, 3.8) is 0 Å². The van der Waals surface area contributed by atoms with Gasteiger partial charge in [0, 0.05) is 49.4 Å². The number of halogens is 1. The summed E-state index contributed by atoms with van der Waals surface area (Å²) < 4.78 is 13.4. The van der Waals surface area contributed by atoms with Crippen molar-refractivity contribution in [2.75, 3.05) is 31.6 Å². The van der Waals surface area contributed by atoms with Gasteiger partial charge < -0.3 is 20.1 Å². The fourth-order valence-electron chi connectivity index (χ4n) is 3.35. The van der Waals surface area contributed by atoms with Crippen LogP contribution >= 0.6 is 35.3 Å². The van der Waals surface area contributed by atoms with Gasteiger partial charge in [-0.15, -0.1) is 35.3 Å². The summed E-state index contributed by atoms with van der Waals surface area (Å²) in [5, 5.41) is 13.2. The zero-order chi connectivity index (χ0) is 21.3. The van der Waals surface area contributed by atoms with Crippen LogP contribution in [0, 0.1) is 0 Å². The molecule has 2 N–H and O–H groups in total. The Morgan fingerprint density at radius 2 is 2.06 bits per heavy atom. The third-order valence-electron chi connectivity index (χ3n) is 4.91. The van der Waals surface area contributed by atoms with Gasteiger partial charge in [0.2, 0.25) is 0 Å². The Kier molecular flexibility index (Phi) is 9.66. The average molecular weight is 567 g/mol. The maximum absolute atomic E-state index is 5.82. The molecular formula is C23H30IN5O2S. The molecule has 4 rings (SSSR count). The molecule has 0 saturated heterocycles. The van der Waals surface area contributed by atoms with Crippen LogP contribution in [0.2, 0.25) is 0 Å². The highest BCUT2D eigenvalue weighted by Gasteiger charge is 2.11. The molecule has 0 atom stereocenters. The molecule has 3 heterocycles. The normalized spacial score (nSPS) is 13.2. The summed E-state index contributed by atoms with van der Waals surface area (Å²) >= 11 is 1.78. The molecule has 0 saturated carbocycles. The first-order valence-electron chi connectivity index (χ1n) is 10.7. The van der Waals surface area contributed by atoms with Gasteiger partial charge in [-0.2, -0.15) is 5.10 Å². The molecule has 0 spiro atoms. The fraction of sp³-hybridized carbons (Fsp3) is 0.391. The molecule has 0 aliphatic carbocycles. The molecule has 1 aliphatic heterocycles. The summed E-state index contributed by atoms with van der Waals surface area (Å²) in [6, 6.07) is 10.2. The largest absolute Gasteiger partial charge is 0.490 e. The third-order valence-corrected chi connectivity index (χ3v) is 5.84. The number of ether oxygens (including phenoxy) is 2. The van der Waals surface area contributed by atoms with Gasteiger partial charge in [-0.1, -0.05) is 6.07 Å². The van der Waals surface area contributed by atoms with Gasteiger partial charge in [0.05, 0.1) is 19.4 Å². The van der Waals surface area contributed by atoms with E-state index in [1.54, 1.807) is 11.3 Å². The number of aliphatic imine (C=N–C) groups is 1. The van der Waals surface area contributed by atoms with Gasteiger partial charge in [0.1, 0.15) is 0 Å². The van der Waals surface area contributed by atoms with E-state index in [2.05, 4.69) is 39.4 Å². The van der Waals surface area contributed by atoms with Crippen LogP contribution in [0.15, 0.2) is 53.1 Å². The summed E-state index contributed by atoms with van der Waals surface area (Å²) in [6.45, 7) is 2.91. The van der Waals surface area contributed by atoms with Crippen molar-refractivity contribution in [2.45, 2.75) is 25.7 Å². The summed E-state index contributed by atoms with van der Waals surface area (Å²) in [5.41, 5.74) is 2.17. The highest BCUT2D eigenvalue weighted by molar-refractivity contribution is 14.0. The molecule has 172 valence electrons. The molecule has 9 heteroatoms. The molecule has 3 aromatic rings. The number of aryl methyl sites for hydroxylation is 2. The van der Waals surface area contributed by atoms with Gasteiger partial charge in [-0.05, 0) is 48.4 Å². The Labute approximate surface area is 210 Å². The maximum atomic E-state index is 5.82. The molecular weight excluding hydrogens is 537 g/mol. The number of rotatable bonds is 8. The second-order valence-electron chi connectivity index (χ2n) is 7.45. The molecule has 0 radical (unpaired) electrons. The molecule has 32 heavy (non-hydrogen) atoms. The highest BCUT2D eigenvalue weighted by atomic mass is 127. The molecule has 0 amide bonds. The predicted octanol–water partition coefficient (Wildman–Crippen LogP) is 4.49. The van der Waals surface area contributed by atoms with Crippen LogP contribution in [0.3, 0.4) is 0 Å². The number of benzene rings is 1. The minimum absolute atomic E-state index is 0. The Morgan fingerprint density at radius 3 is 2.84 bits per heavy atom. The van der Waals surface area contributed by atoms with E-state index in [0.29, 0.717) is 13.2 Å². The van der Waals surface area contributed by atoms with Crippen molar-refractivity contribution in [1.29, 1.82) is 0 Å². The minimum Gasteiger partial charge on any atom is -0.490 e. The van der Waals surface area contributed by atoms with Gasteiger partial charge in [0.15, 0.2) is 17.5 Å². The zero-order valence-corrected chi connectivity index (χ0v) is 21.4. The van der Waals surface area contributed by atoms with E-state index >= 15 is 0 Å². The lowest BCUT2D eigenvalue weighted by Crippen LogP contribution is -2.32. The van der Waals surface area contributed by atoms with Gasteiger partial charge >= 0.3 is 0 Å². The smallest absolute Gasteiger partial charge is 0.195 e. The molecule has 7 nitrogen and oxygen atoms in total. The van der Waals surface area contributed by atoms with E-state index in [1.165, 1.54) is 10.4 Å². The lowest BCUT2D eigenvalue weighted by Gasteiger charge is -2.14. The van der Waals surface area contributed by atoms with Crippen molar-refractivity contribution < 1.29 is 9.47 Å². The maximum Gasteiger partial charge on any atom is 0.195 e. The second-order valence-corrected chi connectivity index (χ2v) is 8.48. The minimum atomic E-state index is 0. The van der Waals surface area contributed by atoms with Crippen LogP contribution in [0.4, 0.5) is 5.69 Å². The molecule has 0 unspecified atom stereocenters. The number of fused-ring (bicyclic) bond motifs is 1. The number of hydrogen-bond donors (Lipinski definition) is 2. The Bertz CT molecular complexity index is 990. The Hall–Kier alpha value is -2.27. The fourth-order valence-corrected chi connectivity index (χ4v) is 4.06. The van der Waals surface area contributed by atoms with Crippen molar-refractivity contribution >= 4 is 47.0 Å². The standard InChI is InChI=1S/C23H29N5O2S.HI/c1-28-17-18(16-26-28)5-2-10-24-23(25-11-9-20-6-3-14-31-20)27-19-7-8-21-22(15-19)30-13-4-12-29-21;/h3,6-8,14-17H,2,4-5,9-13H2,1H3,(H2,24,25,27);1H. The molecule has 1 aromatic carbocycles. The highest BCUT2D eigenvalue weighted by Crippen LogP contribution is 2.32. The summed E-state index contributed by atoms with van der Waals surface area (Å²) in [7, 11) is 1.94. The molecule has 2 aromatic heterocycles. The van der Waals surface area contributed by atoms with Crippen molar-refractivity contribution in [2.24, 2.45) is 12.0 Å². The summed E-state index contributed by atoms with van der Waals surface area (Å²) in [4.78, 5) is 6.15. The van der Waals surface area contributed by atoms with Gasteiger partial charge in [0.25, 0.3) is 0 Å². The number of hydrogen-bond acceptors (Lipinski definition) is 5. The second kappa shape index (κ2) is 12.7. The van der Waals surface area contributed by atoms with Crippen LogP contribution in [-0.4, -0.2) is 42.0 Å². The van der Waals surface area contributed by atoms with Gasteiger partial charge in [-0.25, -0.2) is 0 Å². The molecule has 0 fully saturated rings. The van der Waals surface area contributed by atoms with Crippen molar-refractivity contribution in [3.05, 3.63) is 58.5 Å². The van der Waals surface area contributed by atoms with E-state index in [9.17, 15) is 0 Å². The van der Waals surface area contributed by atoms with E-state index in [0.717, 1.165) is 61.9 Å². The van der Waals surface area contributed by atoms with Crippen molar-refractivity contribution in [3.8, 4) is 11.5 Å². The zero-order valence-electron chi connectivity index (χ0n) is 18.3. The summed E-state index contributed by atoms with van der Waals surface area (Å²) in [6.07, 6.45) is 7.76. The van der Waals surface area contributed by atoms with Crippen LogP contribution in [0.25, 0.3) is 0 Å². The number of thiophene rings is 1. The lowest BCUT2D eigenvalue weighted by atomic mass is 10.2. The number of aromatic nitrogens is 2. The van der Waals surface area contributed by atoms with Crippen LogP contribution in [-0.2, 0) is 19.9 Å². The van der Waals surface area contributed by atoms with E-state index in [-0.39, 0.29) is 24.0 Å². The summed E-state index contributed by atoms with van der Waals surface area (Å²) in [5.74, 6) is 2.35. The molecule has 1 aliphatic rings. The average Bonchev–Trinajstić information content (AvgIpc) is 3.37. The number of guanidine groups is 1. The van der Waals surface area contributed by atoms with Crippen LogP contribution < -0.4 is 20.1 Å². The quantitative estimate of drug-likeness (QED) is 0.182. The number of nitrogens with zero attached hydrogens (tertiary/aromatic N) is 3. The first kappa shape index (κ1) is 24.4.